The first-order valence-corrected chi connectivity index (χ1v) is 6.53. The minimum atomic E-state index is -1.09. The van der Waals surface area contributed by atoms with Gasteiger partial charge in [0.2, 0.25) is 0 Å². The van der Waals surface area contributed by atoms with E-state index in [0.717, 1.165) is 0 Å². The molecule has 1 N–H and O–H groups in total. The molecule has 1 heterocycles. The molecular weight excluding hydrogens is 287 g/mol. The van der Waals surface area contributed by atoms with E-state index in [1.54, 1.807) is 25.1 Å². The van der Waals surface area contributed by atoms with E-state index in [1.165, 1.54) is 24.3 Å². The van der Waals surface area contributed by atoms with E-state index < -0.39 is 11.6 Å². The standard InChI is InChI=1S/C17H11FO4/c1-9-6-14-13(10-2-4-11(18)5-3-10)8-16(19)22-15(14)7-12(9)17(20)21/h2-8H,1H3,(H,20,21). The van der Waals surface area contributed by atoms with Crippen LogP contribution >= 0.6 is 0 Å². The average molecular weight is 298 g/mol. The third-order valence-electron chi connectivity index (χ3n) is 3.48. The van der Waals surface area contributed by atoms with Crippen LogP contribution < -0.4 is 5.63 Å². The fourth-order valence-corrected chi connectivity index (χ4v) is 2.42. The van der Waals surface area contributed by atoms with Gasteiger partial charge < -0.3 is 9.52 Å². The molecule has 0 bridgehead atoms. The largest absolute Gasteiger partial charge is 0.478 e. The molecule has 0 aliphatic rings. The van der Waals surface area contributed by atoms with Crippen molar-refractivity contribution in [1.82, 2.24) is 0 Å². The van der Waals surface area contributed by atoms with Crippen LogP contribution in [-0.4, -0.2) is 11.1 Å². The van der Waals surface area contributed by atoms with Crippen molar-refractivity contribution >= 4 is 16.9 Å². The number of rotatable bonds is 2. The summed E-state index contributed by atoms with van der Waals surface area (Å²) in [4.78, 5) is 22.9. The first kappa shape index (κ1) is 14.0. The molecule has 0 fully saturated rings. The van der Waals surface area contributed by atoms with E-state index in [1.807, 2.05) is 0 Å². The van der Waals surface area contributed by atoms with Crippen molar-refractivity contribution in [1.29, 1.82) is 0 Å². The summed E-state index contributed by atoms with van der Waals surface area (Å²) in [6.45, 7) is 1.67. The topological polar surface area (TPSA) is 67.5 Å². The molecule has 0 aliphatic carbocycles. The summed E-state index contributed by atoms with van der Waals surface area (Å²) in [5.41, 5.74) is 1.46. The van der Waals surface area contributed by atoms with Crippen LogP contribution in [0.15, 0.2) is 51.7 Å². The Morgan fingerprint density at radius 1 is 1.14 bits per heavy atom. The molecule has 1 aromatic heterocycles. The van der Waals surface area contributed by atoms with Crippen molar-refractivity contribution in [3.8, 4) is 11.1 Å². The minimum Gasteiger partial charge on any atom is -0.478 e. The number of carboxylic acids is 1. The van der Waals surface area contributed by atoms with E-state index >= 15 is 0 Å². The molecule has 0 unspecified atom stereocenters. The summed E-state index contributed by atoms with van der Waals surface area (Å²) in [7, 11) is 0. The molecule has 0 atom stereocenters. The Bertz CT molecular complexity index is 939. The molecule has 0 amide bonds. The highest BCUT2D eigenvalue weighted by atomic mass is 19.1. The summed E-state index contributed by atoms with van der Waals surface area (Å²) in [6, 6.07) is 10.0. The van der Waals surface area contributed by atoms with Gasteiger partial charge in [-0.15, -0.1) is 0 Å². The summed E-state index contributed by atoms with van der Waals surface area (Å²) in [5.74, 6) is -1.46. The second-order valence-electron chi connectivity index (χ2n) is 4.95. The number of aryl methyl sites for hydroxylation is 1. The van der Waals surface area contributed by atoms with Crippen LogP contribution in [0.3, 0.4) is 0 Å². The predicted octanol–water partition coefficient (Wildman–Crippen LogP) is 3.61. The zero-order valence-corrected chi connectivity index (χ0v) is 11.6. The fourth-order valence-electron chi connectivity index (χ4n) is 2.42. The Kier molecular flexibility index (Phi) is 3.25. The highest BCUT2D eigenvalue weighted by Crippen LogP contribution is 2.29. The van der Waals surface area contributed by atoms with Gasteiger partial charge in [0, 0.05) is 11.5 Å². The third-order valence-corrected chi connectivity index (χ3v) is 3.48. The second-order valence-corrected chi connectivity index (χ2v) is 4.95. The van der Waals surface area contributed by atoms with Gasteiger partial charge in [-0.2, -0.15) is 0 Å². The summed E-state index contributed by atoms with van der Waals surface area (Å²) in [6.07, 6.45) is 0. The lowest BCUT2D eigenvalue weighted by molar-refractivity contribution is 0.0696. The van der Waals surface area contributed by atoms with E-state index in [-0.39, 0.29) is 17.0 Å². The molecule has 0 aliphatic heterocycles. The van der Waals surface area contributed by atoms with Crippen LogP contribution in [0.5, 0.6) is 0 Å². The van der Waals surface area contributed by atoms with Gasteiger partial charge in [0.25, 0.3) is 0 Å². The van der Waals surface area contributed by atoms with Crippen molar-refractivity contribution in [2.45, 2.75) is 6.92 Å². The first-order chi connectivity index (χ1) is 10.5. The van der Waals surface area contributed by atoms with Crippen molar-refractivity contribution < 1.29 is 18.7 Å². The summed E-state index contributed by atoms with van der Waals surface area (Å²) < 4.78 is 18.2. The van der Waals surface area contributed by atoms with Crippen LogP contribution in [0.2, 0.25) is 0 Å². The monoisotopic (exact) mass is 298 g/mol. The number of benzene rings is 2. The predicted molar refractivity (Wildman–Crippen MR) is 79.6 cm³/mol. The maximum absolute atomic E-state index is 13.1. The average Bonchev–Trinajstić information content (AvgIpc) is 2.47. The molecule has 0 radical (unpaired) electrons. The summed E-state index contributed by atoms with van der Waals surface area (Å²) >= 11 is 0. The lowest BCUT2D eigenvalue weighted by Gasteiger charge is -2.08. The normalized spacial score (nSPS) is 10.8. The molecule has 3 rings (SSSR count). The van der Waals surface area contributed by atoms with E-state index in [2.05, 4.69) is 0 Å². The van der Waals surface area contributed by atoms with Gasteiger partial charge in [-0.25, -0.2) is 14.0 Å². The lowest BCUT2D eigenvalue weighted by Crippen LogP contribution is -2.03. The number of fused-ring (bicyclic) bond motifs is 1. The molecule has 0 saturated heterocycles. The Balaban J connectivity index is 2.35. The highest BCUT2D eigenvalue weighted by molar-refractivity contribution is 5.99. The molecule has 110 valence electrons. The van der Waals surface area contributed by atoms with Crippen molar-refractivity contribution in [2.75, 3.05) is 0 Å². The van der Waals surface area contributed by atoms with Gasteiger partial charge in [-0.05, 0) is 47.9 Å². The number of hydrogen-bond donors (Lipinski definition) is 1. The molecule has 22 heavy (non-hydrogen) atoms. The first-order valence-electron chi connectivity index (χ1n) is 6.53. The molecule has 4 nitrogen and oxygen atoms in total. The Labute approximate surface area is 124 Å². The SMILES string of the molecule is Cc1cc2c(-c3ccc(F)cc3)cc(=O)oc2cc1C(=O)O. The molecule has 5 heteroatoms. The smallest absolute Gasteiger partial charge is 0.336 e. The van der Waals surface area contributed by atoms with Gasteiger partial charge in [0.15, 0.2) is 0 Å². The third kappa shape index (κ3) is 2.37. The molecule has 0 spiro atoms. The van der Waals surface area contributed by atoms with Gasteiger partial charge in [0.1, 0.15) is 11.4 Å². The quantitative estimate of drug-likeness (QED) is 0.734. The zero-order chi connectivity index (χ0) is 15.9. The van der Waals surface area contributed by atoms with E-state index in [4.69, 9.17) is 9.52 Å². The van der Waals surface area contributed by atoms with Crippen LogP contribution in [0.4, 0.5) is 4.39 Å². The van der Waals surface area contributed by atoms with Crippen LogP contribution in [-0.2, 0) is 0 Å². The number of carbonyl (C=O) groups is 1. The minimum absolute atomic E-state index is 0.0758. The van der Waals surface area contributed by atoms with E-state index in [0.29, 0.717) is 22.1 Å². The Morgan fingerprint density at radius 2 is 1.82 bits per heavy atom. The van der Waals surface area contributed by atoms with E-state index in [9.17, 15) is 14.0 Å². The Hall–Kier alpha value is -2.95. The number of halogens is 1. The van der Waals surface area contributed by atoms with Crippen molar-refractivity contribution in [3.05, 3.63) is 69.8 Å². The maximum Gasteiger partial charge on any atom is 0.336 e. The van der Waals surface area contributed by atoms with Crippen molar-refractivity contribution in [2.24, 2.45) is 0 Å². The van der Waals surface area contributed by atoms with Crippen molar-refractivity contribution in [3.63, 3.8) is 0 Å². The Morgan fingerprint density at radius 3 is 2.45 bits per heavy atom. The fraction of sp³-hybridized carbons (Fsp3) is 0.0588. The second kappa shape index (κ2) is 5.11. The zero-order valence-electron chi connectivity index (χ0n) is 11.6. The highest BCUT2D eigenvalue weighted by Gasteiger charge is 2.14. The number of aromatic carboxylic acids is 1. The van der Waals surface area contributed by atoms with Crippen LogP contribution in [0.25, 0.3) is 22.1 Å². The van der Waals surface area contributed by atoms with Gasteiger partial charge in [-0.3, -0.25) is 0 Å². The maximum atomic E-state index is 13.1. The molecule has 0 saturated carbocycles. The van der Waals surface area contributed by atoms with Crippen LogP contribution in [0.1, 0.15) is 15.9 Å². The lowest BCUT2D eigenvalue weighted by atomic mass is 9.98. The summed E-state index contributed by atoms with van der Waals surface area (Å²) in [5, 5.41) is 9.76. The number of carboxylic acid groups (broad SMARTS) is 1. The molecule has 2 aromatic carbocycles. The van der Waals surface area contributed by atoms with Gasteiger partial charge in [-0.1, -0.05) is 12.1 Å². The molecular formula is C17H11FO4. The molecule has 3 aromatic rings. The van der Waals surface area contributed by atoms with Gasteiger partial charge in [0.05, 0.1) is 5.56 Å². The van der Waals surface area contributed by atoms with Crippen LogP contribution in [0, 0.1) is 12.7 Å². The van der Waals surface area contributed by atoms with Gasteiger partial charge >= 0.3 is 11.6 Å². The number of hydrogen-bond acceptors (Lipinski definition) is 3.